The zero-order chi connectivity index (χ0) is 13.8. The van der Waals surface area contributed by atoms with Crippen molar-refractivity contribution in [2.75, 3.05) is 31.1 Å². The molecule has 1 aliphatic rings. The van der Waals surface area contributed by atoms with Crippen LogP contribution in [0.1, 0.15) is 26.7 Å². The highest BCUT2D eigenvalue weighted by Crippen LogP contribution is 2.25. The van der Waals surface area contributed by atoms with E-state index in [1.165, 1.54) is 11.3 Å². The first kappa shape index (κ1) is 14.7. The van der Waals surface area contributed by atoms with E-state index in [-0.39, 0.29) is 5.91 Å². The smallest absolute Gasteiger partial charge is 0.222 e. The molecule has 1 saturated heterocycles. The van der Waals surface area contributed by atoms with Crippen LogP contribution in [0.5, 0.6) is 0 Å². The molecule has 0 atom stereocenters. The number of hydrogen-bond donors (Lipinski definition) is 0. The Balaban J connectivity index is 1.80. The Labute approximate surface area is 126 Å². The number of halogens is 1. The molecule has 0 spiro atoms. The molecule has 0 saturated carbocycles. The summed E-state index contributed by atoms with van der Waals surface area (Å²) in [4.78, 5) is 16.2. The fourth-order valence-corrected chi connectivity index (χ4v) is 3.18. The van der Waals surface area contributed by atoms with Crippen LogP contribution in [-0.4, -0.2) is 47.2 Å². The molecule has 0 bridgehead atoms. The summed E-state index contributed by atoms with van der Waals surface area (Å²) in [7, 11) is 0. The number of hydrogen-bond acceptors (Lipinski definition) is 5. The zero-order valence-corrected chi connectivity index (χ0v) is 13.7. The van der Waals surface area contributed by atoms with Gasteiger partial charge >= 0.3 is 0 Å². The average molecular weight is 347 g/mol. The van der Waals surface area contributed by atoms with Crippen LogP contribution < -0.4 is 4.90 Å². The van der Waals surface area contributed by atoms with Crippen molar-refractivity contribution in [2.45, 2.75) is 26.7 Å². The first-order valence-electron chi connectivity index (χ1n) is 6.58. The molecule has 1 amide bonds. The molecule has 2 rings (SSSR count). The van der Waals surface area contributed by atoms with Gasteiger partial charge in [0.25, 0.3) is 0 Å². The maximum Gasteiger partial charge on any atom is 0.222 e. The molecular formula is C12H19BrN4OS. The second-order valence-electron chi connectivity index (χ2n) is 5.14. The number of carbonyl (C=O) groups excluding carboxylic acids is 1. The van der Waals surface area contributed by atoms with Crippen LogP contribution in [0.3, 0.4) is 0 Å². The Morgan fingerprint density at radius 1 is 1.32 bits per heavy atom. The molecule has 7 heteroatoms. The normalized spacial score (nSPS) is 16.2. The maximum absolute atomic E-state index is 12.0. The van der Waals surface area contributed by atoms with E-state index < -0.39 is 0 Å². The molecule has 0 aromatic carbocycles. The Hall–Kier alpha value is -0.690. The highest BCUT2D eigenvalue weighted by Gasteiger charge is 2.22. The Morgan fingerprint density at radius 3 is 2.53 bits per heavy atom. The van der Waals surface area contributed by atoms with Gasteiger partial charge in [-0.2, -0.15) is 0 Å². The first-order valence-corrected chi connectivity index (χ1v) is 8.19. The Kier molecular flexibility index (Phi) is 5.15. The highest BCUT2D eigenvalue weighted by molar-refractivity contribution is 9.11. The van der Waals surface area contributed by atoms with E-state index in [2.05, 4.69) is 44.9 Å². The number of nitrogens with zero attached hydrogens (tertiary/aromatic N) is 4. The van der Waals surface area contributed by atoms with Crippen LogP contribution in [-0.2, 0) is 4.79 Å². The van der Waals surface area contributed by atoms with E-state index in [0.29, 0.717) is 12.3 Å². The molecule has 2 heterocycles. The highest BCUT2D eigenvalue weighted by atomic mass is 79.9. The van der Waals surface area contributed by atoms with Crippen LogP contribution in [0.15, 0.2) is 3.92 Å². The van der Waals surface area contributed by atoms with E-state index in [4.69, 9.17) is 0 Å². The number of carbonyl (C=O) groups is 1. The quantitative estimate of drug-likeness (QED) is 0.839. The van der Waals surface area contributed by atoms with Crippen LogP contribution in [0, 0.1) is 5.92 Å². The van der Waals surface area contributed by atoms with E-state index >= 15 is 0 Å². The third-order valence-corrected chi connectivity index (χ3v) is 4.64. The van der Waals surface area contributed by atoms with Gasteiger partial charge in [-0.05, 0) is 28.3 Å². The number of piperazine rings is 1. The van der Waals surface area contributed by atoms with Gasteiger partial charge in [-0.25, -0.2) is 0 Å². The predicted molar refractivity (Wildman–Crippen MR) is 80.5 cm³/mol. The fourth-order valence-electron chi connectivity index (χ4n) is 2.04. The van der Waals surface area contributed by atoms with Crippen LogP contribution in [0.2, 0.25) is 0 Å². The van der Waals surface area contributed by atoms with Gasteiger partial charge in [-0.3, -0.25) is 4.79 Å². The molecule has 1 aliphatic heterocycles. The van der Waals surface area contributed by atoms with Gasteiger partial charge in [0, 0.05) is 32.6 Å². The van der Waals surface area contributed by atoms with Crippen molar-refractivity contribution in [2.24, 2.45) is 5.92 Å². The monoisotopic (exact) mass is 346 g/mol. The largest absolute Gasteiger partial charge is 0.343 e. The van der Waals surface area contributed by atoms with Crippen molar-refractivity contribution in [3.05, 3.63) is 3.92 Å². The lowest BCUT2D eigenvalue weighted by Crippen LogP contribution is -2.48. The van der Waals surface area contributed by atoms with Crippen molar-refractivity contribution in [3.63, 3.8) is 0 Å². The summed E-state index contributed by atoms with van der Waals surface area (Å²) >= 11 is 4.86. The third kappa shape index (κ3) is 4.14. The minimum absolute atomic E-state index is 0.284. The average Bonchev–Trinajstić information content (AvgIpc) is 2.83. The molecule has 0 radical (unpaired) electrons. The maximum atomic E-state index is 12.0. The third-order valence-electron chi connectivity index (χ3n) is 3.23. The van der Waals surface area contributed by atoms with E-state index in [0.717, 1.165) is 41.6 Å². The van der Waals surface area contributed by atoms with Gasteiger partial charge in [-0.15, -0.1) is 10.2 Å². The van der Waals surface area contributed by atoms with Gasteiger partial charge in [0.05, 0.1) is 0 Å². The summed E-state index contributed by atoms with van der Waals surface area (Å²) in [6.45, 7) is 7.56. The molecular weight excluding hydrogens is 328 g/mol. The standard InChI is InChI=1S/C12H19BrN4OS/c1-9(2)3-4-10(18)16-5-7-17(8-6-16)12-15-14-11(13)19-12/h9H,3-8H2,1-2H3. The molecule has 0 N–H and O–H groups in total. The molecule has 1 aromatic rings. The molecule has 5 nitrogen and oxygen atoms in total. The number of anilines is 1. The Morgan fingerprint density at radius 2 is 2.00 bits per heavy atom. The molecule has 19 heavy (non-hydrogen) atoms. The number of aromatic nitrogens is 2. The molecule has 0 aliphatic carbocycles. The van der Waals surface area contributed by atoms with Gasteiger partial charge in [0.15, 0.2) is 3.92 Å². The van der Waals surface area contributed by atoms with E-state index in [9.17, 15) is 4.79 Å². The van der Waals surface area contributed by atoms with Gasteiger partial charge in [0.2, 0.25) is 11.0 Å². The second kappa shape index (κ2) is 6.65. The lowest BCUT2D eigenvalue weighted by Gasteiger charge is -2.34. The van der Waals surface area contributed by atoms with Crippen molar-refractivity contribution >= 4 is 38.3 Å². The van der Waals surface area contributed by atoms with E-state index in [1.807, 2.05) is 4.90 Å². The lowest BCUT2D eigenvalue weighted by molar-refractivity contribution is -0.131. The van der Waals surface area contributed by atoms with Crippen LogP contribution in [0.25, 0.3) is 0 Å². The fraction of sp³-hybridized carbons (Fsp3) is 0.750. The van der Waals surface area contributed by atoms with Crippen molar-refractivity contribution in [1.82, 2.24) is 15.1 Å². The molecule has 106 valence electrons. The summed E-state index contributed by atoms with van der Waals surface area (Å²) in [5.41, 5.74) is 0. The van der Waals surface area contributed by atoms with Crippen LogP contribution >= 0.6 is 27.3 Å². The number of amides is 1. The summed E-state index contributed by atoms with van der Waals surface area (Å²) in [5, 5.41) is 9.00. The second-order valence-corrected chi connectivity index (χ2v) is 7.37. The van der Waals surface area contributed by atoms with Crippen molar-refractivity contribution in [3.8, 4) is 0 Å². The summed E-state index contributed by atoms with van der Waals surface area (Å²) in [5.74, 6) is 0.871. The van der Waals surface area contributed by atoms with Crippen LogP contribution in [0.4, 0.5) is 5.13 Å². The Bertz CT molecular complexity index is 429. The zero-order valence-electron chi connectivity index (χ0n) is 11.3. The minimum Gasteiger partial charge on any atom is -0.343 e. The molecule has 0 unspecified atom stereocenters. The summed E-state index contributed by atoms with van der Waals surface area (Å²) in [6, 6.07) is 0. The van der Waals surface area contributed by atoms with E-state index in [1.54, 1.807) is 0 Å². The predicted octanol–water partition coefficient (Wildman–Crippen LogP) is 2.39. The van der Waals surface area contributed by atoms with Crippen molar-refractivity contribution < 1.29 is 4.79 Å². The first-order chi connectivity index (χ1) is 9.06. The molecule has 1 aromatic heterocycles. The molecule has 1 fully saturated rings. The topological polar surface area (TPSA) is 49.3 Å². The van der Waals surface area contributed by atoms with Gasteiger partial charge in [-0.1, -0.05) is 25.2 Å². The summed E-state index contributed by atoms with van der Waals surface area (Å²) in [6.07, 6.45) is 1.64. The number of rotatable bonds is 4. The summed E-state index contributed by atoms with van der Waals surface area (Å²) < 4.78 is 0.804. The van der Waals surface area contributed by atoms with Crippen molar-refractivity contribution in [1.29, 1.82) is 0 Å². The SMILES string of the molecule is CC(C)CCC(=O)N1CCN(c2nnc(Br)s2)CC1. The minimum atomic E-state index is 0.284. The van der Waals surface area contributed by atoms with Gasteiger partial charge in [0.1, 0.15) is 0 Å². The lowest BCUT2D eigenvalue weighted by atomic mass is 10.1. The van der Waals surface area contributed by atoms with Gasteiger partial charge < -0.3 is 9.80 Å².